The highest BCUT2D eigenvalue weighted by Crippen LogP contribution is 2.36. The number of hydrogen-bond acceptors (Lipinski definition) is 4. The molecule has 4 nitrogen and oxygen atoms in total. The van der Waals surface area contributed by atoms with E-state index >= 15 is 0 Å². The van der Waals surface area contributed by atoms with Gasteiger partial charge in [-0.3, -0.25) is 14.9 Å². The third-order valence-corrected chi connectivity index (χ3v) is 4.24. The number of carbonyl (C=O) groups excluding carboxylic acids is 2. The van der Waals surface area contributed by atoms with Crippen LogP contribution in [-0.4, -0.2) is 17.8 Å². The van der Waals surface area contributed by atoms with Crippen LogP contribution < -0.4 is 10.1 Å². The van der Waals surface area contributed by atoms with Crippen LogP contribution in [0.3, 0.4) is 0 Å². The number of rotatable bonds is 3. The molecule has 0 saturated carbocycles. The topological polar surface area (TPSA) is 55.4 Å². The summed E-state index contributed by atoms with van der Waals surface area (Å²) < 4.78 is 7.04. The molecule has 0 radical (unpaired) electrons. The molecular weight excluding hydrogens is 398 g/mol. The van der Waals surface area contributed by atoms with Gasteiger partial charge in [-0.25, -0.2) is 0 Å². The second kappa shape index (κ2) is 6.11. The molecule has 0 aliphatic carbocycles. The Balaban J connectivity index is 2.35. The van der Waals surface area contributed by atoms with Gasteiger partial charge in [0.2, 0.25) is 0 Å². The smallest absolute Gasteiger partial charge is 0.290 e. The van der Waals surface area contributed by atoms with Gasteiger partial charge in [-0.05, 0) is 74.3 Å². The monoisotopic (exact) mass is 405 g/mol. The minimum Gasteiger partial charge on any atom is -0.492 e. The minimum atomic E-state index is -0.365. The van der Waals surface area contributed by atoms with Crippen LogP contribution in [0.15, 0.2) is 26.0 Å². The van der Waals surface area contributed by atoms with Gasteiger partial charge < -0.3 is 4.74 Å². The fourth-order valence-electron chi connectivity index (χ4n) is 1.52. The molecule has 0 unspecified atom stereocenters. The molecule has 7 heteroatoms. The fraction of sp³-hybridized carbons (Fsp3) is 0.167. The zero-order valence-corrected chi connectivity index (χ0v) is 13.8. The van der Waals surface area contributed by atoms with Gasteiger partial charge in [0.1, 0.15) is 5.75 Å². The van der Waals surface area contributed by atoms with Crippen LogP contribution in [-0.2, 0) is 4.79 Å². The molecule has 100 valence electrons. The number of amides is 2. The lowest BCUT2D eigenvalue weighted by Gasteiger charge is -2.09. The first-order chi connectivity index (χ1) is 9.01. The molecule has 1 saturated heterocycles. The lowest BCUT2D eigenvalue weighted by atomic mass is 10.2. The molecule has 2 rings (SSSR count). The van der Waals surface area contributed by atoms with E-state index in [0.29, 0.717) is 17.3 Å². The highest BCUT2D eigenvalue weighted by atomic mass is 79.9. The van der Waals surface area contributed by atoms with Crippen LogP contribution in [0.1, 0.15) is 12.5 Å². The highest BCUT2D eigenvalue weighted by molar-refractivity contribution is 9.11. The lowest BCUT2D eigenvalue weighted by molar-refractivity contribution is -0.115. The molecule has 2 amide bonds. The quantitative estimate of drug-likeness (QED) is 0.772. The Hall–Kier alpha value is -0.790. The summed E-state index contributed by atoms with van der Waals surface area (Å²) in [6.45, 7) is 2.46. The number of benzene rings is 1. The largest absolute Gasteiger partial charge is 0.492 e. The van der Waals surface area contributed by atoms with Gasteiger partial charge in [0, 0.05) is 0 Å². The van der Waals surface area contributed by atoms with Crippen LogP contribution in [0.4, 0.5) is 4.79 Å². The Bertz CT molecular complexity index is 563. The fourth-order valence-corrected chi connectivity index (χ4v) is 3.65. The van der Waals surface area contributed by atoms with E-state index in [1.807, 2.05) is 19.1 Å². The van der Waals surface area contributed by atoms with Gasteiger partial charge in [-0.15, -0.1) is 0 Å². The molecule has 1 fully saturated rings. The average Bonchev–Trinajstić information content (AvgIpc) is 2.62. The molecule has 0 aromatic heterocycles. The van der Waals surface area contributed by atoms with Gasteiger partial charge >= 0.3 is 0 Å². The van der Waals surface area contributed by atoms with E-state index in [4.69, 9.17) is 4.74 Å². The van der Waals surface area contributed by atoms with Crippen molar-refractivity contribution in [1.82, 2.24) is 5.32 Å². The van der Waals surface area contributed by atoms with Gasteiger partial charge in [-0.2, -0.15) is 0 Å². The highest BCUT2D eigenvalue weighted by Gasteiger charge is 2.25. The van der Waals surface area contributed by atoms with Crippen LogP contribution in [0.25, 0.3) is 6.08 Å². The average molecular weight is 407 g/mol. The summed E-state index contributed by atoms with van der Waals surface area (Å²) in [7, 11) is 0. The van der Waals surface area contributed by atoms with Crippen molar-refractivity contribution >= 4 is 60.8 Å². The zero-order chi connectivity index (χ0) is 14.0. The van der Waals surface area contributed by atoms with E-state index in [0.717, 1.165) is 26.3 Å². The summed E-state index contributed by atoms with van der Waals surface area (Å²) in [6, 6.07) is 3.67. The second-order valence-corrected chi connectivity index (χ2v) is 6.32. The molecule has 0 bridgehead atoms. The van der Waals surface area contributed by atoms with E-state index in [1.165, 1.54) is 0 Å². The van der Waals surface area contributed by atoms with E-state index in [9.17, 15) is 9.59 Å². The van der Waals surface area contributed by atoms with Crippen LogP contribution in [0.5, 0.6) is 5.75 Å². The van der Waals surface area contributed by atoms with Gasteiger partial charge in [0.25, 0.3) is 11.1 Å². The Morgan fingerprint density at radius 2 is 1.95 bits per heavy atom. The molecule has 1 heterocycles. The summed E-state index contributed by atoms with van der Waals surface area (Å²) in [5, 5.41) is 1.87. The number of thioether (sulfide) groups is 1. The molecule has 1 aliphatic heterocycles. The van der Waals surface area contributed by atoms with Crippen LogP contribution in [0.2, 0.25) is 0 Å². The number of ether oxygens (including phenoxy) is 1. The van der Waals surface area contributed by atoms with Gasteiger partial charge in [-0.1, -0.05) is 0 Å². The van der Waals surface area contributed by atoms with Crippen LogP contribution in [0, 0.1) is 0 Å². The summed E-state index contributed by atoms with van der Waals surface area (Å²) in [4.78, 5) is 22.9. The Morgan fingerprint density at radius 1 is 1.32 bits per heavy atom. The molecule has 1 aromatic rings. The van der Waals surface area contributed by atoms with E-state index in [1.54, 1.807) is 6.08 Å². The maximum absolute atomic E-state index is 11.5. The summed E-state index contributed by atoms with van der Waals surface area (Å²) in [5.74, 6) is 0.348. The maximum atomic E-state index is 11.5. The number of hydrogen-bond donors (Lipinski definition) is 1. The van der Waals surface area contributed by atoms with E-state index < -0.39 is 0 Å². The number of halogens is 2. The van der Waals surface area contributed by atoms with Crippen molar-refractivity contribution in [2.24, 2.45) is 0 Å². The number of imide groups is 1. The predicted octanol–water partition coefficient (Wildman–Crippen LogP) is 3.93. The normalized spacial score (nSPS) is 16.9. The Kier molecular flexibility index (Phi) is 4.70. The number of nitrogens with one attached hydrogen (secondary N) is 1. The molecular formula is C12H9Br2NO3S. The van der Waals surface area contributed by atoms with E-state index in [2.05, 4.69) is 37.2 Å². The third-order valence-electron chi connectivity index (χ3n) is 2.25. The van der Waals surface area contributed by atoms with Crippen molar-refractivity contribution < 1.29 is 14.3 Å². The summed E-state index contributed by atoms with van der Waals surface area (Å²) >= 11 is 7.73. The molecule has 1 aliphatic rings. The van der Waals surface area contributed by atoms with Gasteiger partial charge in [0.15, 0.2) is 0 Å². The van der Waals surface area contributed by atoms with E-state index in [-0.39, 0.29) is 11.1 Å². The van der Waals surface area contributed by atoms with Crippen molar-refractivity contribution in [3.63, 3.8) is 0 Å². The predicted molar refractivity (Wildman–Crippen MR) is 82.1 cm³/mol. The molecule has 0 atom stereocenters. The molecule has 1 aromatic carbocycles. The Morgan fingerprint density at radius 3 is 2.42 bits per heavy atom. The van der Waals surface area contributed by atoms with Crippen LogP contribution >= 0.6 is 43.6 Å². The van der Waals surface area contributed by atoms with Crippen molar-refractivity contribution in [3.05, 3.63) is 31.5 Å². The minimum absolute atomic E-state index is 0.347. The van der Waals surface area contributed by atoms with Gasteiger partial charge in [0.05, 0.1) is 20.5 Å². The number of carbonyl (C=O) groups is 2. The van der Waals surface area contributed by atoms with Crippen molar-refractivity contribution in [2.45, 2.75) is 6.92 Å². The summed E-state index contributed by atoms with van der Waals surface area (Å²) in [6.07, 6.45) is 1.66. The molecule has 0 spiro atoms. The SMILES string of the molecule is CCOc1c(Br)cc(/C=C2\SC(=O)NC2=O)cc1Br. The van der Waals surface area contributed by atoms with Crippen molar-refractivity contribution in [2.75, 3.05) is 6.61 Å². The Labute approximate surface area is 131 Å². The molecule has 19 heavy (non-hydrogen) atoms. The standard InChI is InChI=1S/C12H9Br2NO3S/c1-2-18-10-7(13)3-6(4-8(10)14)5-9-11(16)15-12(17)19-9/h3-5H,2H2,1H3,(H,15,16,17)/b9-5-. The van der Waals surface area contributed by atoms with Crippen molar-refractivity contribution in [1.29, 1.82) is 0 Å². The first kappa shape index (κ1) is 14.6. The lowest BCUT2D eigenvalue weighted by Crippen LogP contribution is -2.17. The maximum Gasteiger partial charge on any atom is 0.290 e. The second-order valence-electron chi connectivity index (χ2n) is 3.60. The third kappa shape index (κ3) is 3.40. The van der Waals surface area contributed by atoms with Crippen molar-refractivity contribution in [3.8, 4) is 5.75 Å². The summed E-state index contributed by atoms with van der Waals surface area (Å²) in [5.41, 5.74) is 0.801. The first-order valence-electron chi connectivity index (χ1n) is 5.38. The first-order valence-corrected chi connectivity index (χ1v) is 7.78. The molecule has 1 N–H and O–H groups in total. The zero-order valence-electron chi connectivity index (χ0n) is 9.83.